The van der Waals surface area contributed by atoms with E-state index in [4.69, 9.17) is 0 Å². The summed E-state index contributed by atoms with van der Waals surface area (Å²) < 4.78 is 34.9. The van der Waals surface area contributed by atoms with Crippen molar-refractivity contribution in [2.45, 2.75) is 6.18 Å². The van der Waals surface area contributed by atoms with Crippen molar-refractivity contribution in [2.75, 3.05) is 0 Å². The van der Waals surface area contributed by atoms with E-state index in [0.717, 1.165) is 4.80 Å². The molecule has 0 fully saturated rings. The molecule has 1 aromatic heterocycles. The van der Waals surface area contributed by atoms with Gasteiger partial charge in [-0.05, 0) is 5.21 Å². The second-order valence-corrected chi connectivity index (χ2v) is 1.60. The molecule has 0 aliphatic heterocycles. The van der Waals surface area contributed by atoms with E-state index in [2.05, 4.69) is 15.4 Å². The fourth-order valence-electron chi connectivity index (χ4n) is 0.398. The van der Waals surface area contributed by atoms with Gasteiger partial charge in [-0.2, -0.15) is 18.0 Å². The first kappa shape index (κ1) is 6.97. The van der Waals surface area contributed by atoms with Crippen LogP contribution in [0.25, 0.3) is 0 Å². The third-order valence-electron chi connectivity index (χ3n) is 0.762. The predicted molar refractivity (Wildman–Crippen MR) is 23.8 cm³/mol. The van der Waals surface area contributed by atoms with Gasteiger partial charge in [0.25, 0.3) is 5.82 Å². The summed E-state index contributed by atoms with van der Waals surface area (Å²) in [4.78, 5) is 0.753. The van der Waals surface area contributed by atoms with Crippen LogP contribution in [0, 0.1) is 0 Å². The second-order valence-electron chi connectivity index (χ2n) is 1.60. The number of alkyl halides is 3. The molecular weight excluding hydrogens is 149 g/mol. The molecule has 0 spiro atoms. The fourth-order valence-corrected chi connectivity index (χ4v) is 0.398. The van der Waals surface area contributed by atoms with Crippen molar-refractivity contribution in [1.29, 1.82) is 0 Å². The smallest absolute Gasteiger partial charge is 0.167 e. The molecule has 0 atom stereocenters. The summed E-state index contributed by atoms with van der Waals surface area (Å²) in [6.07, 6.45) is -4.49. The molecule has 1 heterocycles. The number of nitrogens with zero attached hydrogens (tertiary/aromatic N) is 4. The Labute approximate surface area is 53.6 Å². The number of tetrazole rings is 1. The Balaban J connectivity index is 2.96. The highest BCUT2D eigenvalue weighted by Crippen LogP contribution is 2.24. The molecule has 1 rings (SSSR count). The van der Waals surface area contributed by atoms with Crippen molar-refractivity contribution >= 4 is 0 Å². The first-order valence-corrected chi connectivity index (χ1v) is 2.31. The lowest BCUT2D eigenvalue weighted by Crippen LogP contribution is -2.08. The zero-order valence-electron chi connectivity index (χ0n) is 4.92. The summed E-state index contributed by atoms with van der Waals surface area (Å²) in [6, 6.07) is 0. The highest BCUT2D eigenvalue weighted by Gasteiger charge is 2.36. The minimum atomic E-state index is -4.49. The van der Waals surface area contributed by atoms with Crippen LogP contribution in [0.1, 0.15) is 5.82 Å². The lowest BCUT2D eigenvalue weighted by atomic mass is 10.6. The molecule has 0 saturated heterocycles. The van der Waals surface area contributed by atoms with E-state index in [1.807, 2.05) is 0 Å². The Morgan fingerprint density at radius 3 is 2.20 bits per heavy atom. The lowest BCUT2D eigenvalue weighted by Gasteiger charge is -1.95. The molecular formula is C3H3F3N4. The van der Waals surface area contributed by atoms with Gasteiger partial charge in [-0.25, -0.2) is 0 Å². The summed E-state index contributed by atoms with van der Waals surface area (Å²) in [7, 11) is 1.27. The van der Waals surface area contributed by atoms with Gasteiger partial charge in [0.2, 0.25) is 0 Å². The zero-order valence-corrected chi connectivity index (χ0v) is 4.92. The third kappa shape index (κ3) is 1.23. The van der Waals surface area contributed by atoms with Crippen LogP contribution >= 0.6 is 0 Å². The average Bonchev–Trinajstić information content (AvgIpc) is 2.11. The van der Waals surface area contributed by atoms with Gasteiger partial charge in [0.15, 0.2) is 0 Å². The molecule has 4 nitrogen and oxygen atoms in total. The molecule has 0 saturated carbocycles. The third-order valence-corrected chi connectivity index (χ3v) is 0.762. The molecule has 1 aromatic rings. The highest BCUT2D eigenvalue weighted by molar-refractivity contribution is 4.82. The first-order chi connectivity index (χ1) is 4.50. The van der Waals surface area contributed by atoms with E-state index in [1.54, 1.807) is 0 Å². The van der Waals surface area contributed by atoms with E-state index < -0.39 is 12.0 Å². The molecule has 56 valence electrons. The van der Waals surface area contributed by atoms with Crippen molar-refractivity contribution < 1.29 is 13.2 Å². The van der Waals surface area contributed by atoms with Gasteiger partial charge in [0, 0.05) is 0 Å². The second kappa shape index (κ2) is 1.93. The monoisotopic (exact) mass is 152 g/mol. The van der Waals surface area contributed by atoms with Gasteiger partial charge < -0.3 is 0 Å². The van der Waals surface area contributed by atoms with E-state index in [-0.39, 0.29) is 0 Å². The van der Waals surface area contributed by atoms with Crippen LogP contribution in [0.3, 0.4) is 0 Å². The topological polar surface area (TPSA) is 43.6 Å². The maximum absolute atomic E-state index is 11.6. The van der Waals surface area contributed by atoms with Crippen LogP contribution < -0.4 is 0 Å². The van der Waals surface area contributed by atoms with E-state index in [0.29, 0.717) is 0 Å². The molecule has 0 radical (unpaired) electrons. The maximum atomic E-state index is 11.6. The van der Waals surface area contributed by atoms with Crippen LogP contribution in [0.2, 0.25) is 0 Å². The SMILES string of the molecule is Cn1nnc(C(F)(F)F)n1. The van der Waals surface area contributed by atoms with Crippen LogP contribution in [0.5, 0.6) is 0 Å². The quantitative estimate of drug-likeness (QED) is 0.534. The van der Waals surface area contributed by atoms with Gasteiger partial charge in [0.05, 0.1) is 7.05 Å². The Hall–Kier alpha value is -1.14. The number of aryl methyl sites for hydroxylation is 1. The van der Waals surface area contributed by atoms with Crippen LogP contribution in [0.15, 0.2) is 0 Å². The van der Waals surface area contributed by atoms with Gasteiger partial charge in [0.1, 0.15) is 0 Å². The van der Waals surface area contributed by atoms with Gasteiger partial charge in [-0.1, -0.05) is 0 Å². The fraction of sp³-hybridized carbons (Fsp3) is 0.667. The van der Waals surface area contributed by atoms with Crippen molar-refractivity contribution in [3.05, 3.63) is 5.82 Å². The van der Waals surface area contributed by atoms with Gasteiger partial charge in [-0.15, -0.1) is 10.2 Å². The maximum Gasteiger partial charge on any atom is 0.455 e. The summed E-state index contributed by atoms with van der Waals surface area (Å²) in [5.41, 5.74) is 0. The summed E-state index contributed by atoms with van der Waals surface area (Å²) in [5.74, 6) is -1.21. The van der Waals surface area contributed by atoms with E-state index in [1.165, 1.54) is 7.05 Å². The van der Waals surface area contributed by atoms with Gasteiger partial charge in [-0.3, -0.25) is 0 Å². The molecule has 10 heavy (non-hydrogen) atoms. The largest absolute Gasteiger partial charge is 0.455 e. The molecule has 0 aromatic carbocycles. The number of aromatic nitrogens is 4. The lowest BCUT2D eigenvalue weighted by molar-refractivity contribution is -0.145. The summed E-state index contributed by atoms with van der Waals surface area (Å²) in [6.45, 7) is 0. The van der Waals surface area contributed by atoms with E-state index >= 15 is 0 Å². The highest BCUT2D eigenvalue weighted by atomic mass is 19.4. The molecule has 7 heteroatoms. The minimum absolute atomic E-state index is 0.753. The standard InChI is InChI=1S/C3H3F3N4/c1-10-8-2(7-9-10)3(4,5)6/h1H3. The van der Waals surface area contributed by atoms with Crippen molar-refractivity contribution in [3.63, 3.8) is 0 Å². The van der Waals surface area contributed by atoms with Crippen molar-refractivity contribution in [2.24, 2.45) is 7.05 Å². The summed E-state index contributed by atoms with van der Waals surface area (Å²) >= 11 is 0. The van der Waals surface area contributed by atoms with Crippen LogP contribution in [-0.2, 0) is 13.2 Å². The molecule has 0 unspecified atom stereocenters. The Morgan fingerprint density at radius 1 is 1.40 bits per heavy atom. The minimum Gasteiger partial charge on any atom is -0.167 e. The Bertz CT molecular complexity index is 226. The van der Waals surface area contributed by atoms with Gasteiger partial charge >= 0.3 is 6.18 Å². The first-order valence-electron chi connectivity index (χ1n) is 2.31. The zero-order chi connectivity index (χ0) is 7.78. The molecule has 0 amide bonds. The van der Waals surface area contributed by atoms with Crippen LogP contribution in [0.4, 0.5) is 13.2 Å². The van der Waals surface area contributed by atoms with Crippen LogP contribution in [-0.4, -0.2) is 20.2 Å². The Kier molecular flexibility index (Phi) is 1.34. The molecule has 0 bridgehead atoms. The normalized spacial score (nSPS) is 12.0. The summed E-state index contributed by atoms with van der Waals surface area (Å²) in [5, 5.41) is 8.73. The van der Waals surface area contributed by atoms with E-state index in [9.17, 15) is 13.2 Å². The van der Waals surface area contributed by atoms with Crippen molar-refractivity contribution in [1.82, 2.24) is 20.2 Å². The molecule has 0 aliphatic carbocycles. The number of halogens is 3. The molecule has 0 N–H and O–H groups in total. The average molecular weight is 152 g/mol. The Morgan fingerprint density at radius 2 is 2.00 bits per heavy atom. The number of hydrogen-bond donors (Lipinski definition) is 0. The number of rotatable bonds is 0. The number of hydrogen-bond acceptors (Lipinski definition) is 3. The molecule has 0 aliphatic rings. The predicted octanol–water partition coefficient (Wildman–Crippen LogP) is 0.229. The van der Waals surface area contributed by atoms with Crippen molar-refractivity contribution in [3.8, 4) is 0 Å².